The van der Waals surface area contributed by atoms with Gasteiger partial charge in [0.25, 0.3) is 0 Å². The Morgan fingerprint density at radius 2 is 1.46 bits per heavy atom. The van der Waals surface area contributed by atoms with Gasteiger partial charge in [-0.05, 0) is 43.7 Å². The molecule has 0 aliphatic carbocycles. The van der Waals surface area contributed by atoms with Crippen molar-refractivity contribution in [2.24, 2.45) is 0 Å². The average Bonchev–Trinajstić information content (AvgIpc) is 3.54. The second-order valence-corrected chi connectivity index (χ2v) is 7.95. The van der Waals surface area contributed by atoms with Crippen molar-refractivity contribution in [1.82, 2.24) is 29.7 Å². The molecule has 0 bridgehead atoms. The molecule has 0 radical (unpaired) electrons. The minimum Gasteiger partial charge on any atom is -0.506 e. The summed E-state index contributed by atoms with van der Waals surface area (Å²) in [5.74, 6) is -0.527. The number of ether oxygens (including phenoxy) is 3. The molecule has 1 N–H and O–H groups in total. The molecule has 0 aliphatic heterocycles. The van der Waals surface area contributed by atoms with Crippen molar-refractivity contribution >= 4 is 34.6 Å². The van der Waals surface area contributed by atoms with Crippen LogP contribution in [0.2, 0.25) is 5.15 Å². The Morgan fingerprint density at radius 3 is 2.10 bits per heavy atom. The van der Waals surface area contributed by atoms with Gasteiger partial charge in [0.15, 0.2) is 22.3 Å². The molecule has 0 unspecified atom stereocenters. The van der Waals surface area contributed by atoms with Crippen LogP contribution in [0.3, 0.4) is 0 Å². The maximum atomic E-state index is 11.8. The average molecular weight is 676 g/mol. The number of benzene rings is 1. The summed E-state index contributed by atoms with van der Waals surface area (Å²) in [6, 6.07) is 16.1. The summed E-state index contributed by atoms with van der Waals surface area (Å²) in [4.78, 5) is 23.2. The van der Waals surface area contributed by atoms with Gasteiger partial charge in [-0.2, -0.15) is 4.52 Å². The number of hydrogen-bond donors (Lipinski definition) is 1. The van der Waals surface area contributed by atoms with Gasteiger partial charge in [-0.3, -0.25) is 0 Å². The van der Waals surface area contributed by atoms with Gasteiger partial charge in [-0.25, -0.2) is 14.1 Å². The Kier molecular flexibility index (Phi) is 13.9. The first-order valence-corrected chi connectivity index (χ1v) is 11.9. The van der Waals surface area contributed by atoms with E-state index >= 15 is 0 Å². The maximum Gasteiger partial charge on any atom is 0.361 e. The Morgan fingerprint density at radius 1 is 0.878 bits per heavy atom. The fourth-order valence-corrected chi connectivity index (χ4v) is 3.57. The fourth-order valence-electron chi connectivity index (χ4n) is 3.33. The van der Waals surface area contributed by atoms with Crippen LogP contribution in [-0.2, 0) is 36.5 Å². The number of pyridine rings is 2. The Hall–Kier alpha value is -4.05. The van der Waals surface area contributed by atoms with E-state index < -0.39 is 11.9 Å². The van der Waals surface area contributed by atoms with Gasteiger partial charge in [-0.15, -0.1) is 10.2 Å². The molecule has 4 aromatic heterocycles. The Balaban J connectivity index is 0.000000411. The minimum atomic E-state index is -0.531. The zero-order valence-corrected chi connectivity index (χ0v) is 24.1. The van der Waals surface area contributed by atoms with Crippen LogP contribution in [-0.4, -0.2) is 59.9 Å². The third-order valence-electron chi connectivity index (χ3n) is 5.06. The molecule has 0 spiro atoms. The number of carbonyl (C=O) groups excluding carboxylic acids is 2. The van der Waals surface area contributed by atoms with E-state index in [0.717, 1.165) is 5.56 Å². The number of hydrogen-bond acceptors (Lipinski definition) is 10. The van der Waals surface area contributed by atoms with Crippen molar-refractivity contribution in [2.75, 3.05) is 13.2 Å². The molecule has 0 fully saturated rings. The van der Waals surface area contributed by atoms with Gasteiger partial charge >= 0.3 is 11.9 Å². The number of halogens is 1. The largest absolute Gasteiger partial charge is 0.506 e. The molecule has 0 atom stereocenters. The van der Waals surface area contributed by atoms with Crippen LogP contribution in [0.15, 0.2) is 60.8 Å². The second-order valence-electron chi connectivity index (χ2n) is 7.59. The third-order valence-corrected chi connectivity index (χ3v) is 5.40. The number of nitrogens with zero attached hydrogens (tertiary/aromatic N) is 6. The topological polar surface area (TPSA) is 142 Å². The molecular formula is C27H30ClN6O6Pd-. The van der Waals surface area contributed by atoms with Gasteiger partial charge in [-0.1, -0.05) is 59.8 Å². The van der Waals surface area contributed by atoms with E-state index in [4.69, 9.17) is 25.8 Å². The van der Waals surface area contributed by atoms with Gasteiger partial charge < -0.3 is 26.7 Å². The Labute approximate surface area is 255 Å². The summed E-state index contributed by atoms with van der Waals surface area (Å²) in [5.41, 5.74) is 2.28. The molecule has 14 heteroatoms. The minimum absolute atomic E-state index is 0. The zero-order chi connectivity index (χ0) is 27.1. The molecule has 0 amide bonds. The monoisotopic (exact) mass is 675 g/mol. The van der Waals surface area contributed by atoms with Gasteiger partial charge in [0.1, 0.15) is 23.4 Å². The van der Waals surface area contributed by atoms with Crippen molar-refractivity contribution in [3.05, 3.63) is 90.3 Å². The molecule has 0 saturated heterocycles. The summed E-state index contributed by atoms with van der Waals surface area (Å²) >= 11 is 6.29. The molecule has 12 nitrogen and oxygen atoms in total. The molecule has 41 heavy (non-hydrogen) atoms. The van der Waals surface area contributed by atoms with E-state index in [0.29, 0.717) is 23.4 Å². The Bertz CT molecular complexity index is 1580. The van der Waals surface area contributed by atoms with Crippen LogP contribution < -0.4 is 4.74 Å². The van der Waals surface area contributed by atoms with E-state index in [1.54, 1.807) is 32.0 Å². The zero-order valence-electron chi connectivity index (χ0n) is 21.8. The molecular weight excluding hydrogens is 646 g/mol. The molecule has 1 aromatic carbocycles. The number of rotatable bonds is 7. The van der Waals surface area contributed by atoms with Gasteiger partial charge in [0, 0.05) is 20.4 Å². The number of carbonyl (C=O) groups is 2. The molecule has 0 saturated carbocycles. The SMILES string of the molecule is C.CCOC(=O)c1nnn2c(Cl)c(OCc3ccccc3)ccc12.CCOC(=O)c1nnn2cc(O)ccc12.[CH3-].[Pd]. The molecule has 4 heterocycles. The number of fused-ring (bicyclic) bond motifs is 2. The third kappa shape index (κ3) is 8.23. The van der Waals surface area contributed by atoms with Crippen molar-refractivity contribution in [2.45, 2.75) is 27.9 Å². The van der Waals surface area contributed by atoms with Gasteiger partial charge in [0.2, 0.25) is 0 Å². The fraction of sp³-hybridized carbons (Fsp3) is 0.222. The molecule has 5 rings (SSSR count). The smallest absolute Gasteiger partial charge is 0.361 e. The van der Waals surface area contributed by atoms with E-state index in [-0.39, 0.29) is 70.8 Å². The summed E-state index contributed by atoms with van der Waals surface area (Å²) < 4.78 is 18.1. The summed E-state index contributed by atoms with van der Waals surface area (Å²) in [6.07, 6.45) is 1.37. The summed E-state index contributed by atoms with van der Waals surface area (Å²) in [7, 11) is 0. The van der Waals surface area contributed by atoms with Crippen LogP contribution in [0.25, 0.3) is 11.0 Å². The van der Waals surface area contributed by atoms with E-state index in [1.165, 1.54) is 21.3 Å². The summed E-state index contributed by atoms with van der Waals surface area (Å²) in [5, 5.41) is 24.5. The maximum absolute atomic E-state index is 11.8. The predicted molar refractivity (Wildman–Crippen MR) is 148 cm³/mol. The van der Waals surface area contributed by atoms with E-state index in [2.05, 4.69) is 20.6 Å². The first-order chi connectivity index (χ1) is 18.4. The normalized spacial score (nSPS) is 9.83. The van der Waals surface area contributed by atoms with Gasteiger partial charge in [0.05, 0.1) is 19.4 Å². The molecule has 222 valence electrons. The van der Waals surface area contributed by atoms with Crippen LogP contribution >= 0.6 is 11.6 Å². The van der Waals surface area contributed by atoms with Crippen molar-refractivity contribution in [3.8, 4) is 11.5 Å². The first kappa shape index (κ1) is 35.0. The van der Waals surface area contributed by atoms with Crippen LogP contribution in [0.4, 0.5) is 0 Å². The van der Waals surface area contributed by atoms with Crippen molar-refractivity contribution < 1.29 is 49.3 Å². The quantitative estimate of drug-likeness (QED) is 0.110. The molecule has 0 aliphatic rings. The predicted octanol–water partition coefficient (Wildman–Crippen LogP) is 4.83. The second kappa shape index (κ2) is 16.3. The number of esters is 2. The van der Waals surface area contributed by atoms with E-state index in [9.17, 15) is 14.7 Å². The van der Waals surface area contributed by atoms with Crippen LogP contribution in [0, 0.1) is 7.43 Å². The summed E-state index contributed by atoms with van der Waals surface area (Å²) in [6.45, 7) is 4.38. The standard InChI is InChI=1S/C16H14ClN3O3.C9H9N3O3.CH4.CH3.Pd/c1-2-22-16(21)14-12-8-9-13(15(17)20(12)19-18-14)23-10-11-6-4-3-5-7-11;1-2-15-9(14)8-7-4-3-6(13)5-12(7)11-10-8;;;/h3-9H,2,10H2,1H3;3-5,13H,2H2,1H3;1H4;1H3;/q;;;-1;. The van der Waals surface area contributed by atoms with Crippen molar-refractivity contribution in [1.29, 1.82) is 0 Å². The number of aromatic hydroxyl groups is 1. The number of aromatic nitrogens is 6. The van der Waals surface area contributed by atoms with Crippen LogP contribution in [0.5, 0.6) is 11.5 Å². The molecule has 5 aromatic rings. The van der Waals surface area contributed by atoms with Crippen molar-refractivity contribution in [3.63, 3.8) is 0 Å². The van der Waals surface area contributed by atoms with Crippen LogP contribution in [0.1, 0.15) is 47.8 Å². The van der Waals surface area contributed by atoms with E-state index in [1.807, 2.05) is 30.3 Å². The first-order valence-electron chi connectivity index (χ1n) is 11.5.